The van der Waals surface area contributed by atoms with Crippen LogP contribution in [0, 0.1) is 39.7 Å². The van der Waals surface area contributed by atoms with E-state index >= 15 is 8.78 Å². The second-order valence-corrected chi connectivity index (χ2v) is 20.3. The number of hydrogen-bond acceptors (Lipinski definition) is 14. The Morgan fingerprint density at radius 3 is 1.89 bits per heavy atom. The topological polar surface area (TPSA) is 223 Å². The number of carbonyl (C=O) groups is 4. The third kappa shape index (κ3) is 14.8. The molecule has 6 rings (SSSR count). The molecule has 0 radical (unpaired) electrons. The van der Waals surface area contributed by atoms with Gasteiger partial charge in [-0.25, -0.2) is 37.1 Å². The first kappa shape index (κ1) is 62.0. The van der Waals surface area contributed by atoms with Gasteiger partial charge in [-0.2, -0.15) is 26.3 Å². The van der Waals surface area contributed by atoms with E-state index in [-0.39, 0.29) is 5.56 Å². The number of nitrogens with one attached hydrogen (secondary N) is 6. The van der Waals surface area contributed by atoms with E-state index in [0.717, 1.165) is 58.6 Å². The summed E-state index contributed by atoms with van der Waals surface area (Å²) < 4.78 is 159. The maximum absolute atomic E-state index is 16.0. The largest absolute Gasteiger partial charge is 0.453 e. The quantitative estimate of drug-likeness (QED) is 0.0294. The molecule has 7 N–H and O–H groups in total. The van der Waals surface area contributed by atoms with Crippen molar-refractivity contribution in [3.63, 3.8) is 0 Å². The summed E-state index contributed by atoms with van der Waals surface area (Å²) in [7, 11) is 1.60. The Balaban J connectivity index is 1.30. The Morgan fingerprint density at radius 1 is 0.838 bits per heavy atom. The molecule has 4 amide bonds. The smallest absolute Gasteiger partial charge is 0.407 e. The monoisotopic (exact) mass is 1140 g/mol. The van der Waals surface area contributed by atoms with E-state index in [1.54, 1.807) is 11.5 Å². The van der Waals surface area contributed by atoms with Crippen molar-refractivity contribution in [1.82, 2.24) is 41.6 Å². The van der Waals surface area contributed by atoms with Crippen LogP contribution in [0.1, 0.15) is 55.5 Å². The average Bonchev–Trinajstić information content (AvgIpc) is 3.36. The Morgan fingerprint density at radius 2 is 1.40 bits per heavy atom. The van der Waals surface area contributed by atoms with E-state index in [4.69, 9.17) is 10.1 Å². The molecular formula is C52H60F10N10O8. The van der Waals surface area contributed by atoms with Crippen LogP contribution in [0.2, 0.25) is 0 Å². The van der Waals surface area contributed by atoms with Crippen molar-refractivity contribution in [3.8, 4) is 11.8 Å². The van der Waals surface area contributed by atoms with Crippen molar-refractivity contribution in [2.45, 2.75) is 102 Å². The number of ether oxygens (including phenoxy) is 3. The minimum Gasteiger partial charge on any atom is -0.453 e. The Bertz CT molecular complexity index is 2780. The van der Waals surface area contributed by atoms with E-state index in [1.807, 2.05) is 22.9 Å². The number of carbonyl (C=O) groups excluding carboxylic acids is 4. The van der Waals surface area contributed by atoms with Crippen molar-refractivity contribution < 1.29 is 82.4 Å². The third-order valence-corrected chi connectivity index (χ3v) is 14.2. The molecule has 0 bridgehead atoms. The van der Waals surface area contributed by atoms with Crippen LogP contribution in [-0.4, -0.2) is 164 Å². The number of likely N-dealkylation sites (tertiary alicyclic amines) is 1. The van der Waals surface area contributed by atoms with Crippen LogP contribution in [-0.2, 0) is 36.8 Å². The number of hydrogen-bond donors (Lipinski definition) is 7. The van der Waals surface area contributed by atoms with Gasteiger partial charge in [-0.3, -0.25) is 19.9 Å². The number of halogens is 10. The number of rotatable bonds is 22. The summed E-state index contributed by atoms with van der Waals surface area (Å²) in [5, 5.41) is 28.8. The van der Waals surface area contributed by atoms with Gasteiger partial charge in [0.15, 0.2) is 0 Å². The van der Waals surface area contributed by atoms with Crippen molar-refractivity contribution in [2.75, 3.05) is 58.5 Å². The zero-order valence-electron chi connectivity index (χ0n) is 44.0. The Kier molecular flexibility index (Phi) is 19.7. The number of methoxy groups -OCH3 is 2. The highest BCUT2D eigenvalue weighted by atomic mass is 19.4. The number of allylic oxidation sites excluding steroid dienone is 1. The van der Waals surface area contributed by atoms with Crippen molar-refractivity contribution >= 4 is 35.5 Å². The molecule has 0 saturated carbocycles. The fourth-order valence-corrected chi connectivity index (χ4v) is 8.74. The van der Waals surface area contributed by atoms with E-state index in [9.17, 15) is 59.4 Å². The Hall–Kier alpha value is -7.22. The van der Waals surface area contributed by atoms with E-state index < -0.39 is 132 Å². The molecule has 4 heterocycles. The summed E-state index contributed by atoms with van der Waals surface area (Å²) in [6.45, 7) is 2.40. The van der Waals surface area contributed by atoms with Gasteiger partial charge < -0.3 is 50.9 Å². The highest BCUT2D eigenvalue weighted by Gasteiger charge is 2.58. The lowest BCUT2D eigenvalue weighted by molar-refractivity contribution is -0.221. The summed E-state index contributed by atoms with van der Waals surface area (Å²) in [6.07, 6.45) is -15.4. The number of amides is 4. The fraction of sp³-hybridized carbons (Fsp3) is 0.500. The highest BCUT2D eigenvalue weighted by molar-refractivity contribution is 6.06. The molecule has 0 spiro atoms. The van der Waals surface area contributed by atoms with Gasteiger partial charge in [0.1, 0.15) is 29.5 Å². The second kappa shape index (κ2) is 25.5. The number of alkyl carbamates (subject to hydrolysis) is 2. The van der Waals surface area contributed by atoms with E-state index in [2.05, 4.69) is 46.7 Å². The van der Waals surface area contributed by atoms with Gasteiger partial charge in [0.25, 0.3) is 12.3 Å². The lowest BCUT2D eigenvalue weighted by atomic mass is 9.82. The number of piperazine rings is 1. The zero-order chi connectivity index (χ0) is 59.1. The van der Waals surface area contributed by atoms with Crippen LogP contribution in [0.5, 0.6) is 0 Å². The molecule has 3 aliphatic heterocycles. The van der Waals surface area contributed by atoms with E-state index in [0.29, 0.717) is 74.1 Å². The Labute approximate surface area is 453 Å². The lowest BCUT2D eigenvalue weighted by Crippen LogP contribution is -2.82. The predicted molar refractivity (Wildman–Crippen MR) is 268 cm³/mol. The number of aromatic nitrogens is 1. The molecule has 18 nitrogen and oxygen atoms in total. The first-order chi connectivity index (χ1) is 37.4. The van der Waals surface area contributed by atoms with Gasteiger partial charge in [0.2, 0.25) is 5.91 Å². The molecule has 1 unspecified atom stereocenters. The number of benzene rings is 2. The summed E-state index contributed by atoms with van der Waals surface area (Å²) in [6, 6.07) is 5.45. The fourth-order valence-electron chi connectivity index (χ4n) is 8.74. The number of alkyl halides is 8. The van der Waals surface area contributed by atoms with Gasteiger partial charge in [0, 0.05) is 60.7 Å². The number of fused-ring (bicyclic) bond motifs is 1. The summed E-state index contributed by atoms with van der Waals surface area (Å²) >= 11 is 0. The van der Waals surface area contributed by atoms with Gasteiger partial charge >= 0.3 is 24.5 Å². The molecule has 2 aromatic carbocycles. The number of anilines is 1. The zero-order valence-corrected chi connectivity index (χ0v) is 44.0. The van der Waals surface area contributed by atoms with Crippen LogP contribution < -0.4 is 31.6 Å². The predicted octanol–water partition coefficient (Wildman–Crippen LogP) is 5.32. The number of nitrogens with zero attached hydrogens (tertiary/aromatic N) is 4. The number of aliphatic hydroxyl groups is 1. The summed E-state index contributed by atoms with van der Waals surface area (Å²) in [5.41, 5.74) is -4.81. The average molecular weight is 1140 g/mol. The van der Waals surface area contributed by atoms with Gasteiger partial charge in [-0.15, -0.1) is 0 Å². The molecule has 6 atom stereocenters. The maximum Gasteiger partial charge on any atom is 0.407 e. The standard InChI is InChI=1S/C52H60F10N10O8/c1-49(2,51(57,58)59)43(67-47(76)78-5)45(74)66-37(17-29-10-7-28(8-11-29)9-12-30-13-14-42(65-20-30)72-24-38-39(72)23-71(38)32-26-80-27-32)40(73)25-70(69-46(75)44(68-48(77)79-6)50(3,4)52(60,61)62)22-33-34(53)18-31(19-35(33)54)36(63)15-16-64-21-41(55)56/h7-8,10-11,13-16,18-20,32,37-41,43-44,63-64,73H,17,21-27H2,1-6H3,(H,66,74)(H,67,76)(H,68,77)(H,69,75)/b16-15-,63-36?/t37-,38?,39-,40-,43+,44+/m0/s1. The van der Waals surface area contributed by atoms with Gasteiger partial charge in [-0.05, 0) is 88.4 Å². The van der Waals surface area contributed by atoms with Crippen LogP contribution in [0.25, 0.3) is 0 Å². The molecule has 3 aromatic rings. The van der Waals surface area contributed by atoms with Crippen LogP contribution >= 0.6 is 0 Å². The minimum absolute atomic E-state index is 0.268. The second-order valence-electron chi connectivity index (χ2n) is 20.3. The van der Waals surface area contributed by atoms with Gasteiger partial charge in [-0.1, -0.05) is 24.0 Å². The molecule has 0 aliphatic carbocycles. The molecule has 3 aliphatic rings. The summed E-state index contributed by atoms with van der Waals surface area (Å²) in [5.74, 6) is 0.688. The lowest BCUT2D eigenvalue weighted by Gasteiger charge is -2.65. The third-order valence-electron chi connectivity index (χ3n) is 14.2. The highest BCUT2D eigenvalue weighted by Crippen LogP contribution is 2.42. The van der Waals surface area contributed by atoms with E-state index in [1.165, 1.54) is 24.3 Å². The van der Waals surface area contributed by atoms with Gasteiger partial charge in [0.05, 0.1) is 74.7 Å². The van der Waals surface area contributed by atoms with Crippen molar-refractivity contribution in [1.29, 1.82) is 5.41 Å². The minimum atomic E-state index is -5.23. The number of hydrazine groups is 1. The first-order valence-electron chi connectivity index (χ1n) is 24.7. The maximum atomic E-state index is 16.0. The van der Waals surface area contributed by atoms with Crippen molar-refractivity contribution in [2.24, 2.45) is 10.8 Å². The molecule has 28 heteroatoms. The number of pyridine rings is 1. The number of aliphatic hydroxyl groups excluding tert-OH is 1. The molecular weight excluding hydrogens is 1080 g/mol. The molecule has 3 fully saturated rings. The summed E-state index contributed by atoms with van der Waals surface area (Å²) in [4.78, 5) is 62.0. The van der Waals surface area contributed by atoms with Crippen molar-refractivity contribution in [3.05, 3.63) is 106 Å². The van der Waals surface area contributed by atoms with Crippen LogP contribution in [0.4, 0.5) is 59.3 Å². The molecule has 436 valence electrons. The van der Waals surface area contributed by atoms with Crippen LogP contribution in [0.15, 0.2) is 67.0 Å². The first-order valence-corrected chi connectivity index (χ1v) is 24.7. The normalized spacial score (nSPS) is 18.3. The SMILES string of the molecule is COC(=O)N[C@H](C(=O)N[C@@H](Cc1ccc(C#Cc2ccc(N3CC4[C@@H]3CN4C3COC3)nc2)cc1)[C@@H](O)CN(Cc1c(F)cc(C(=N)/C=C\NCC(F)F)cc1F)NC(=O)[C@@H](NC(=O)OC)C(C)(C)C(F)(F)F)C(C)(C)C(F)(F)F. The molecule has 80 heavy (non-hydrogen) atoms. The molecule has 3 saturated heterocycles. The molecule has 1 aromatic heterocycles. The van der Waals surface area contributed by atoms with Crippen LogP contribution in [0.3, 0.4) is 0 Å².